The maximum Gasteiger partial charge on any atom is 0.239 e. The fraction of sp³-hybridized carbons (Fsp3) is 0.889. The van der Waals surface area contributed by atoms with Crippen LogP contribution in [0.3, 0.4) is 0 Å². The van der Waals surface area contributed by atoms with Gasteiger partial charge in [0, 0.05) is 26.7 Å². The van der Waals surface area contributed by atoms with Crippen LogP contribution in [0.25, 0.3) is 0 Å². The maximum atomic E-state index is 11.6. The van der Waals surface area contributed by atoms with Crippen molar-refractivity contribution < 1.29 is 9.53 Å². The topological polar surface area (TPSA) is 41.6 Å². The molecule has 0 radical (unpaired) electrons. The summed E-state index contributed by atoms with van der Waals surface area (Å²) < 4.78 is 5.12. The standard InChI is InChI=1S/C9H18N2O2/c1-7(13-3)6-11-5-4-10-8(2)9(11)12/h7-8,10H,4-6H2,1-3H3. The molecule has 4 nitrogen and oxygen atoms in total. The molecule has 0 aromatic rings. The first-order valence-electron chi connectivity index (χ1n) is 4.70. The number of amides is 1. The molecule has 13 heavy (non-hydrogen) atoms. The molecule has 1 fully saturated rings. The van der Waals surface area contributed by atoms with Gasteiger partial charge in [0.15, 0.2) is 0 Å². The van der Waals surface area contributed by atoms with Crippen molar-refractivity contribution in [3.05, 3.63) is 0 Å². The molecule has 0 bridgehead atoms. The van der Waals surface area contributed by atoms with E-state index in [2.05, 4.69) is 5.32 Å². The van der Waals surface area contributed by atoms with E-state index in [4.69, 9.17) is 4.74 Å². The van der Waals surface area contributed by atoms with Gasteiger partial charge in [-0.05, 0) is 13.8 Å². The number of carbonyl (C=O) groups is 1. The van der Waals surface area contributed by atoms with E-state index < -0.39 is 0 Å². The molecule has 1 N–H and O–H groups in total. The minimum Gasteiger partial charge on any atom is -0.380 e. The van der Waals surface area contributed by atoms with Crippen LogP contribution in [0.2, 0.25) is 0 Å². The van der Waals surface area contributed by atoms with Crippen molar-refractivity contribution in [3.63, 3.8) is 0 Å². The molecule has 2 atom stereocenters. The number of methoxy groups -OCH3 is 1. The Labute approximate surface area is 79.2 Å². The van der Waals surface area contributed by atoms with Gasteiger partial charge in [-0.15, -0.1) is 0 Å². The predicted octanol–water partition coefficient (Wildman–Crippen LogP) is -0.158. The monoisotopic (exact) mass is 186 g/mol. The third-order valence-corrected chi connectivity index (χ3v) is 2.39. The van der Waals surface area contributed by atoms with Crippen LogP contribution in [-0.4, -0.2) is 49.7 Å². The first-order valence-corrected chi connectivity index (χ1v) is 4.70. The van der Waals surface area contributed by atoms with Crippen molar-refractivity contribution in [1.82, 2.24) is 10.2 Å². The van der Waals surface area contributed by atoms with Crippen LogP contribution in [-0.2, 0) is 9.53 Å². The zero-order valence-electron chi connectivity index (χ0n) is 8.54. The Hall–Kier alpha value is -0.610. The minimum absolute atomic E-state index is 0.0437. The molecular weight excluding hydrogens is 168 g/mol. The second kappa shape index (κ2) is 4.58. The third-order valence-electron chi connectivity index (χ3n) is 2.39. The van der Waals surface area contributed by atoms with Crippen LogP contribution in [0, 0.1) is 0 Å². The quantitative estimate of drug-likeness (QED) is 0.666. The van der Waals surface area contributed by atoms with Crippen LogP contribution in [0.1, 0.15) is 13.8 Å². The van der Waals surface area contributed by atoms with Crippen molar-refractivity contribution in [3.8, 4) is 0 Å². The molecular formula is C9H18N2O2. The van der Waals surface area contributed by atoms with Crippen LogP contribution in [0.4, 0.5) is 0 Å². The summed E-state index contributed by atoms with van der Waals surface area (Å²) in [5.74, 6) is 0.176. The lowest BCUT2D eigenvalue weighted by atomic mass is 10.2. The molecule has 0 saturated carbocycles. The Morgan fingerprint density at radius 2 is 2.46 bits per heavy atom. The second-order valence-corrected chi connectivity index (χ2v) is 3.51. The van der Waals surface area contributed by atoms with Gasteiger partial charge in [-0.3, -0.25) is 4.79 Å². The third kappa shape index (κ3) is 2.67. The number of carbonyl (C=O) groups excluding carboxylic acids is 1. The summed E-state index contributed by atoms with van der Waals surface area (Å²) in [5.41, 5.74) is 0. The lowest BCUT2D eigenvalue weighted by Gasteiger charge is -2.32. The van der Waals surface area contributed by atoms with E-state index in [1.807, 2.05) is 18.7 Å². The summed E-state index contributed by atoms with van der Waals surface area (Å²) in [7, 11) is 1.67. The molecule has 4 heteroatoms. The number of ether oxygens (including phenoxy) is 1. The fourth-order valence-corrected chi connectivity index (χ4v) is 1.45. The molecule has 1 amide bonds. The van der Waals surface area contributed by atoms with Gasteiger partial charge in [0.1, 0.15) is 0 Å². The SMILES string of the molecule is COC(C)CN1CCNC(C)C1=O. The summed E-state index contributed by atoms with van der Waals surface area (Å²) in [6.07, 6.45) is 0.120. The summed E-state index contributed by atoms with van der Waals surface area (Å²) in [4.78, 5) is 13.4. The highest BCUT2D eigenvalue weighted by molar-refractivity contribution is 5.82. The highest BCUT2D eigenvalue weighted by Gasteiger charge is 2.25. The van der Waals surface area contributed by atoms with E-state index in [-0.39, 0.29) is 18.1 Å². The molecule has 1 heterocycles. The summed E-state index contributed by atoms with van der Waals surface area (Å²) >= 11 is 0. The molecule has 1 aliphatic rings. The molecule has 0 spiro atoms. The lowest BCUT2D eigenvalue weighted by molar-refractivity contribution is -0.136. The number of rotatable bonds is 3. The van der Waals surface area contributed by atoms with E-state index in [1.165, 1.54) is 0 Å². The van der Waals surface area contributed by atoms with Gasteiger partial charge >= 0.3 is 0 Å². The van der Waals surface area contributed by atoms with Gasteiger partial charge in [0.2, 0.25) is 5.91 Å². The Morgan fingerprint density at radius 3 is 3.08 bits per heavy atom. The average Bonchev–Trinajstić information content (AvgIpc) is 2.13. The molecule has 0 aliphatic carbocycles. The predicted molar refractivity (Wildman–Crippen MR) is 50.5 cm³/mol. The number of nitrogens with zero attached hydrogens (tertiary/aromatic N) is 1. The summed E-state index contributed by atoms with van der Waals surface area (Å²) in [6, 6.07) is -0.0437. The van der Waals surface area contributed by atoms with Gasteiger partial charge < -0.3 is 15.0 Å². The minimum atomic E-state index is -0.0437. The Balaban J connectivity index is 2.44. The normalized spacial score (nSPS) is 26.2. The molecule has 2 unspecified atom stereocenters. The number of nitrogens with one attached hydrogen (secondary N) is 1. The summed E-state index contributed by atoms with van der Waals surface area (Å²) in [6.45, 7) is 6.23. The number of piperazine rings is 1. The van der Waals surface area contributed by atoms with E-state index in [0.717, 1.165) is 13.1 Å². The van der Waals surface area contributed by atoms with Gasteiger partial charge in [0.25, 0.3) is 0 Å². The smallest absolute Gasteiger partial charge is 0.239 e. The van der Waals surface area contributed by atoms with Crippen LogP contribution in [0.5, 0.6) is 0 Å². The fourth-order valence-electron chi connectivity index (χ4n) is 1.45. The highest BCUT2D eigenvalue weighted by atomic mass is 16.5. The Morgan fingerprint density at radius 1 is 1.77 bits per heavy atom. The van der Waals surface area contributed by atoms with Crippen molar-refractivity contribution in [2.45, 2.75) is 26.0 Å². The zero-order chi connectivity index (χ0) is 9.84. The molecule has 76 valence electrons. The van der Waals surface area contributed by atoms with Gasteiger partial charge in [-0.2, -0.15) is 0 Å². The van der Waals surface area contributed by atoms with E-state index in [9.17, 15) is 4.79 Å². The lowest BCUT2D eigenvalue weighted by Crippen LogP contribution is -2.55. The maximum absolute atomic E-state index is 11.6. The van der Waals surface area contributed by atoms with Crippen molar-refractivity contribution in [1.29, 1.82) is 0 Å². The number of hydrogen-bond donors (Lipinski definition) is 1. The van der Waals surface area contributed by atoms with E-state index >= 15 is 0 Å². The van der Waals surface area contributed by atoms with Crippen molar-refractivity contribution in [2.24, 2.45) is 0 Å². The Bertz CT molecular complexity index is 184. The zero-order valence-corrected chi connectivity index (χ0v) is 8.54. The van der Waals surface area contributed by atoms with Crippen molar-refractivity contribution >= 4 is 5.91 Å². The summed E-state index contributed by atoms with van der Waals surface area (Å²) in [5, 5.41) is 3.12. The van der Waals surface area contributed by atoms with E-state index in [0.29, 0.717) is 6.54 Å². The van der Waals surface area contributed by atoms with Crippen LogP contribution >= 0.6 is 0 Å². The van der Waals surface area contributed by atoms with Gasteiger partial charge in [-0.25, -0.2) is 0 Å². The molecule has 1 rings (SSSR count). The molecule has 0 aromatic carbocycles. The first kappa shape index (κ1) is 10.5. The average molecular weight is 186 g/mol. The van der Waals surface area contributed by atoms with Gasteiger partial charge in [-0.1, -0.05) is 0 Å². The largest absolute Gasteiger partial charge is 0.380 e. The second-order valence-electron chi connectivity index (χ2n) is 3.51. The Kier molecular flexibility index (Phi) is 3.69. The van der Waals surface area contributed by atoms with Gasteiger partial charge in [0.05, 0.1) is 12.1 Å². The molecule has 0 aromatic heterocycles. The molecule has 1 saturated heterocycles. The highest BCUT2D eigenvalue weighted by Crippen LogP contribution is 2.03. The van der Waals surface area contributed by atoms with Crippen LogP contribution in [0.15, 0.2) is 0 Å². The van der Waals surface area contributed by atoms with Crippen molar-refractivity contribution in [2.75, 3.05) is 26.7 Å². The first-order chi connectivity index (χ1) is 6.15. The molecule has 1 aliphatic heterocycles. The van der Waals surface area contributed by atoms with Crippen LogP contribution < -0.4 is 5.32 Å². The van der Waals surface area contributed by atoms with E-state index in [1.54, 1.807) is 7.11 Å². The number of hydrogen-bond acceptors (Lipinski definition) is 3.